The molecule has 3 heteroatoms. The monoisotopic (exact) mass is 306 g/mol. The van der Waals surface area contributed by atoms with Crippen LogP contribution in [0.5, 0.6) is 0 Å². The number of hydrogen-bond acceptors (Lipinski definition) is 3. The molecule has 3 rings (SSSR count). The molecule has 1 heterocycles. The number of para-hydroxylation sites is 1. The lowest BCUT2D eigenvalue weighted by molar-refractivity contribution is 0.279. The minimum absolute atomic E-state index is 0.162. The Morgan fingerprint density at radius 1 is 1.00 bits per heavy atom. The van der Waals surface area contributed by atoms with E-state index in [-0.39, 0.29) is 5.54 Å². The van der Waals surface area contributed by atoms with Crippen molar-refractivity contribution >= 4 is 17.3 Å². The summed E-state index contributed by atoms with van der Waals surface area (Å²) >= 11 is 0. The first-order chi connectivity index (χ1) is 11.1. The number of ether oxygens (including phenoxy) is 1. The van der Waals surface area contributed by atoms with E-state index in [9.17, 15) is 0 Å². The smallest absolute Gasteiger partial charge is 0.214 e. The van der Waals surface area contributed by atoms with E-state index in [1.165, 1.54) is 0 Å². The average Bonchev–Trinajstić information content (AvgIpc) is 2.94. The molecule has 3 nitrogen and oxygen atoms in total. The van der Waals surface area contributed by atoms with Crippen LogP contribution in [0.1, 0.15) is 26.3 Å². The maximum atomic E-state index is 5.82. The quantitative estimate of drug-likeness (QED) is 0.885. The lowest BCUT2D eigenvalue weighted by atomic mass is 10.1. The molecule has 0 saturated heterocycles. The first-order valence-electron chi connectivity index (χ1n) is 7.86. The Hall–Kier alpha value is -2.55. The largest absolute Gasteiger partial charge is 0.475 e. The van der Waals surface area contributed by atoms with E-state index in [2.05, 4.69) is 50.4 Å². The fourth-order valence-corrected chi connectivity index (χ4v) is 2.54. The fourth-order valence-electron chi connectivity index (χ4n) is 2.54. The molecular weight excluding hydrogens is 284 g/mol. The molecule has 0 amide bonds. The maximum absolute atomic E-state index is 5.82. The topological polar surface area (TPSA) is 33.6 Å². The van der Waals surface area contributed by atoms with Crippen molar-refractivity contribution in [1.29, 1.82) is 0 Å². The molecule has 1 aliphatic heterocycles. The first-order valence-corrected chi connectivity index (χ1v) is 7.86. The third kappa shape index (κ3) is 3.62. The third-order valence-corrected chi connectivity index (χ3v) is 3.77. The number of nitrogens with zero attached hydrogens (tertiary/aromatic N) is 1. The van der Waals surface area contributed by atoms with Gasteiger partial charge >= 0.3 is 0 Å². The predicted octanol–water partition coefficient (Wildman–Crippen LogP) is 4.74. The molecule has 0 atom stereocenters. The zero-order valence-electron chi connectivity index (χ0n) is 13.8. The fraction of sp³-hybridized carbons (Fsp3) is 0.250. The Bertz CT molecular complexity index is 731. The van der Waals surface area contributed by atoms with Gasteiger partial charge in [-0.2, -0.15) is 0 Å². The number of rotatable bonds is 4. The highest BCUT2D eigenvalue weighted by Crippen LogP contribution is 2.27. The van der Waals surface area contributed by atoms with Crippen LogP contribution < -0.4 is 5.32 Å². The van der Waals surface area contributed by atoms with Crippen LogP contribution in [0.2, 0.25) is 0 Å². The normalized spacial score (nSPS) is 17.1. The summed E-state index contributed by atoms with van der Waals surface area (Å²) in [6.45, 7) is 6.84. The van der Waals surface area contributed by atoms with Gasteiger partial charge in [0.1, 0.15) is 6.61 Å². The van der Waals surface area contributed by atoms with E-state index in [0.717, 1.165) is 28.4 Å². The van der Waals surface area contributed by atoms with E-state index in [1.54, 1.807) is 0 Å². The van der Waals surface area contributed by atoms with Crippen LogP contribution in [-0.4, -0.2) is 18.0 Å². The summed E-state index contributed by atoms with van der Waals surface area (Å²) in [6, 6.07) is 20.4. The molecule has 0 saturated carbocycles. The highest BCUT2D eigenvalue weighted by atomic mass is 16.5. The van der Waals surface area contributed by atoms with E-state index in [4.69, 9.17) is 9.73 Å². The average molecular weight is 306 g/mol. The Morgan fingerprint density at radius 3 is 2.17 bits per heavy atom. The summed E-state index contributed by atoms with van der Waals surface area (Å²) < 4.78 is 5.82. The molecule has 2 aromatic carbocycles. The van der Waals surface area contributed by atoms with Crippen molar-refractivity contribution in [2.75, 3.05) is 11.9 Å². The number of hydrogen-bond donors (Lipinski definition) is 1. The molecule has 118 valence electrons. The van der Waals surface area contributed by atoms with Crippen LogP contribution in [0.4, 0.5) is 5.69 Å². The van der Waals surface area contributed by atoms with Crippen LogP contribution in [0, 0.1) is 0 Å². The SMILES string of the molecule is C/C(C1=NC(C)(C)CO1)=C(\Nc1ccccc1)c1ccccc1. The van der Waals surface area contributed by atoms with Crippen LogP contribution in [0.15, 0.2) is 71.2 Å². The van der Waals surface area contributed by atoms with E-state index in [1.807, 2.05) is 36.4 Å². The maximum Gasteiger partial charge on any atom is 0.214 e. The Morgan fingerprint density at radius 2 is 1.61 bits per heavy atom. The summed E-state index contributed by atoms with van der Waals surface area (Å²) in [4.78, 5) is 4.70. The molecule has 23 heavy (non-hydrogen) atoms. The minimum Gasteiger partial charge on any atom is -0.475 e. The molecule has 0 unspecified atom stereocenters. The number of nitrogens with one attached hydrogen (secondary N) is 1. The summed E-state index contributed by atoms with van der Waals surface area (Å²) in [7, 11) is 0. The van der Waals surface area contributed by atoms with Crippen molar-refractivity contribution in [3.63, 3.8) is 0 Å². The van der Waals surface area contributed by atoms with Gasteiger partial charge in [0.15, 0.2) is 0 Å². The number of anilines is 1. The van der Waals surface area contributed by atoms with Crippen LogP contribution in [-0.2, 0) is 4.74 Å². The zero-order valence-corrected chi connectivity index (χ0v) is 13.8. The third-order valence-electron chi connectivity index (χ3n) is 3.77. The highest BCUT2D eigenvalue weighted by molar-refractivity contribution is 6.03. The Kier molecular flexibility index (Phi) is 4.20. The van der Waals surface area contributed by atoms with Gasteiger partial charge in [0.05, 0.1) is 11.2 Å². The molecule has 0 bridgehead atoms. The van der Waals surface area contributed by atoms with Gasteiger partial charge in [-0.1, -0.05) is 48.5 Å². The lowest BCUT2D eigenvalue weighted by Gasteiger charge is -2.15. The molecule has 0 radical (unpaired) electrons. The van der Waals surface area contributed by atoms with Gasteiger partial charge in [-0.25, -0.2) is 4.99 Å². The van der Waals surface area contributed by atoms with Gasteiger partial charge in [-0.15, -0.1) is 0 Å². The second kappa shape index (κ2) is 6.29. The molecule has 0 aromatic heterocycles. The summed E-state index contributed by atoms with van der Waals surface area (Å²) in [6.07, 6.45) is 0. The lowest BCUT2D eigenvalue weighted by Crippen LogP contribution is -2.17. The van der Waals surface area contributed by atoms with Gasteiger partial charge in [0.2, 0.25) is 5.90 Å². The number of benzene rings is 2. The molecule has 0 fully saturated rings. The summed E-state index contributed by atoms with van der Waals surface area (Å²) in [5.41, 5.74) is 4.04. The molecular formula is C20H22N2O. The molecule has 1 aliphatic rings. The number of aliphatic imine (C=N–C) groups is 1. The minimum atomic E-state index is -0.162. The molecule has 0 spiro atoms. The van der Waals surface area contributed by atoms with E-state index >= 15 is 0 Å². The van der Waals surface area contributed by atoms with E-state index < -0.39 is 0 Å². The van der Waals surface area contributed by atoms with Crippen LogP contribution >= 0.6 is 0 Å². The van der Waals surface area contributed by atoms with Crippen molar-refractivity contribution in [3.8, 4) is 0 Å². The van der Waals surface area contributed by atoms with Crippen molar-refractivity contribution < 1.29 is 4.74 Å². The van der Waals surface area contributed by atoms with Crippen LogP contribution in [0.25, 0.3) is 5.70 Å². The highest BCUT2D eigenvalue weighted by Gasteiger charge is 2.28. The van der Waals surface area contributed by atoms with Crippen molar-refractivity contribution in [2.45, 2.75) is 26.3 Å². The molecule has 0 aliphatic carbocycles. The Balaban J connectivity index is 2.03. The van der Waals surface area contributed by atoms with Gasteiger partial charge < -0.3 is 10.1 Å². The molecule has 1 N–H and O–H groups in total. The van der Waals surface area contributed by atoms with Gasteiger partial charge in [0.25, 0.3) is 0 Å². The van der Waals surface area contributed by atoms with Gasteiger partial charge in [-0.3, -0.25) is 0 Å². The van der Waals surface area contributed by atoms with Gasteiger partial charge in [-0.05, 0) is 38.5 Å². The van der Waals surface area contributed by atoms with Crippen molar-refractivity contribution in [2.24, 2.45) is 4.99 Å². The first kappa shape index (κ1) is 15.3. The molecule has 2 aromatic rings. The van der Waals surface area contributed by atoms with Gasteiger partial charge in [0, 0.05) is 11.3 Å². The standard InChI is InChI=1S/C20H22N2O/c1-15(19-22-20(2,3)14-23-19)18(16-10-6-4-7-11-16)21-17-12-8-5-9-13-17/h4-13,21H,14H2,1-3H3/b18-15+. The Labute approximate surface area is 137 Å². The van der Waals surface area contributed by atoms with Crippen LogP contribution in [0.3, 0.4) is 0 Å². The second-order valence-corrected chi connectivity index (χ2v) is 6.38. The second-order valence-electron chi connectivity index (χ2n) is 6.38. The van der Waals surface area contributed by atoms with Crippen molar-refractivity contribution in [1.82, 2.24) is 0 Å². The predicted molar refractivity (Wildman–Crippen MR) is 96.6 cm³/mol. The van der Waals surface area contributed by atoms with Crippen molar-refractivity contribution in [3.05, 3.63) is 71.8 Å². The summed E-state index contributed by atoms with van der Waals surface area (Å²) in [5.74, 6) is 0.720. The van der Waals surface area contributed by atoms with E-state index in [0.29, 0.717) is 6.61 Å². The summed E-state index contributed by atoms with van der Waals surface area (Å²) in [5, 5.41) is 3.52. The zero-order chi connectivity index (χ0) is 16.3.